The molecule has 1 fully saturated rings. The van der Waals surface area contributed by atoms with Gasteiger partial charge in [0.1, 0.15) is 5.82 Å². The third-order valence-corrected chi connectivity index (χ3v) is 4.04. The summed E-state index contributed by atoms with van der Waals surface area (Å²) in [6.45, 7) is 6.31. The van der Waals surface area contributed by atoms with Crippen molar-refractivity contribution in [2.45, 2.75) is 26.7 Å². The van der Waals surface area contributed by atoms with E-state index < -0.39 is 0 Å². The summed E-state index contributed by atoms with van der Waals surface area (Å²) in [4.78, 5) is 0. The standard InChI is InChI=1S/C13H16ClF/c1-8-4-5-11(15)9(6-8)12-10(7-14)13(12,2)3/h4-6,10,12H,7H2,1-3H3. The number of halogens is 2. The van der Waals surface area contributed by atoms with Gasteiger partial charge >= 0.3 is 0 Å². The van der Waals surface area contributed by atoms with E-state index in [1.807, 2.05) is 19.1 Å². The largest absolute Gasteiger partial charge is 0.207 e. The highest BCUT2D eigenvalue weighted by Gasteiger charge is 2.58. The lowest BCUT2D eigenvalue weighted by atomic mass is 10.0. The summed E-state index contributed by atoms with van der Waals surface area (Å²) < 4.78 is 13.7. The number of alkyl halides is 1. The molecule has 0 nitrogen and oxygen atoms in total. The van der Waals surface area contributed by atoms with E-state index in [9.17, 15) is 4.39 Å². The van der Waals surface area contributed by atoms with Gasteiger partial charge in [0.2, 0.25) is 0 Å². The highest BCUT2D eigenvalue weighted by atomic mass is 35.5. The van der Waals surface area contributed by atoms with Crippen LogP contribution in [0.3, 0.4) is 0 Å². The SMILES string of the molecule is Cc1ccc(F)c(C2C(CCl)C2(C)C)c1. The maximum atomic E-state index is 13.7. The van der Waals surface area contributed by atoms with Crippen LogP contribution >= 0.6 is 11.6 Å². The minimum atomic E-state index is -0.0914. The van der Waals surface area contributed by atoms with E-state index in [1.54, 1.807) is 6.07 Å². The summed E-state index contributed by atoms with van der Waals surface area (Å²) >= 11 is 5.90. The Bertz CT molecular complexity index is 384. The fourth-order valence-electron chi connectivity index (χ4n) is 2.55. The van der Waals surface area contributed by atoms with Crippen molar-refractivity contribution in [1.82, 2.24) is 0 Å². The minimum absolute atomic E-state index is 0.0914. The normalized spacial score (nSPS) is 27.8. The second kappa shape index (κ2) is 3.48. The van der Waals surface area contributed by atoms with Crippen LogP contribution in [0.2, 0.25) is 0 Å². The lowest BCUT2D eigenvalue weighted by Gasteiger charge is -2.05. The Labute approximate surface area is 95.4 Å². The van der Waals surface area contributed by atoms with Gasteiger partial charge in [-0.3, -0.25) is 0 Å². The van der Waals surface area contributed by atoms with Crippen molar-refractivity contribution in [3.8, 4) is 0 Å². The Morgan fingerprint density at radius 3 is 2.60 bits per heavy atom. The topological polar surface area (TPSA) is 0 Å². The van der Waals surface area contributed by atoms with Crippen molar-refractivity contribution in [2.24, 2.45) is 11.3 Å². The molecule has 1 saturated carbocycles. The fraction of sp³-hybridized carbons (Fsp3) is 0.538. The zero-order valence-corrected chi connectivity index (χ0v) is 10.1. The number of hydrogen-bond acceptors (Lipinski definition) is 0. The quantitative estimate of drug-likeness (QED) is 0.666. The molecule has 0 N–H and O–H groups in total. The average molecular weight is 227 g/mol. The highest BCUT2D eigenvalue weighted by Crippen LogP contribution is 2.65. The van der Waals surface area contributed by atoms with Crippen LogP contribution < -0.4 is 0 Å². The molecule has 1 aliphatic carbocycles. The van der Waals surface area contributed by atoms with Crippen LogP contribution in [0.1, 0.15) is 30.9 Å². The molecule has 0 aromatic heterocycles. The zero-order valence-electron chi connectivity index (χ0n) is 9.35. The molecule has 2 rings (SSSR count). The summed E-state index contributed by atoms with van der Waals surface area (Å²) in [5.41, 5.74) is 2.10. The van der Waals surface area contributed by atoms with E-state index in [4.69, 9.17) is 11.6 Å². The summed E-state index contributed by atoms with van der Waals surface area (Å²) in [5, 5.41) is 0. The summed E-state index contributed by atoms with van der Waals surface area (Å²) in [7, 11) is 0. The number of aryl methyl sites for hydroxylation is 1. The molecule has 0 spiro atoms. The summed E-state index contributed by atoms with van der Waals surface area (Å²) in [6, 6.07) is 5.32. The van der Waals surface area contributed by atoms with Crippen molar-refractivity contribution in [3.05, 3.63) is 35.1 Å². The van der Waals surface area contributed by atoms with Gasteiger partial charge in [-0.05, 0) is 35.8 Å². The molecule has 2 unspecified atom stereocenters. The van der Waals surface area contributed by atoms with Gasteiger partial charge in [0.25, 0.3) is 0 Å². The van der Waals surface area contributed by atoms with Crippen molar-refractivity contribution < 1.29 is 4.39 Å². The maximum Gasteiger partial charge on any atom is 0.126 e. The number of benzene rings is 1. The van der Waals surface area contributed by atoms with Crippen molar-refractivity contribution in [3.63, 3.8) is 0 Å². The molecule has 0 heterocycles. The predicted octanol–water partition coefficient (Wildman–Crippen LogP) is 4.11. The second-order valence-corrected chi connectivity index (χ2v) is 5.39. The van der Waals surface area contributed by atoms with Crippen molar-refractivity contribution in [2.75, 3.05) is 5.88 Å². The van der Waals surface area contributed by atoms with Crippen LogP contribution in [0, 0.1) is 24.1 Å². The van der Waals surface area contributed by atoms with Crippen molar-refractivity contribution >= 4 is 11.6 Å². The monoisotopic (exact) mass is 226 g/mol. The Hall–Kier alpha value is -0.560. The number of rotatable bonds is 2. The molecule has 2 heteroatoms. The first-order valence-corrected chi connectivity index (χ1v) is 5.84. The molecule has 0 saturated heterocycles. The predicted molar refractivity (Wildman–Crippen MR) is 61.9 cm³/mol. The molecule has 0 amide bonds. The minimum Gasteiger partial charge on any atom is -0.207 e. The average Bonchev–Trinajstić information content (AvgIpc) is 2.72. The molecule has 15 heavy (non-hydrogen) atoms. The lowest BCUT2D eigenvalue weighted by molar-refractivity contribution is 0.562. The first-order chi connectivity index (χ1) is 6.98. The van der Waals surface area contributed by atoms with E-state index in [0.717, 1.165) is 11.1 Å². The summed E-state index contributed by atoms with van der Waals surface area (Å²) in [6.07, 6.45) is 0. The molecule has 82 valence electrons. The fourth-order valence-corrected chi connectivity index (χ4v) is 3.13. The smallest absolute Gasteiger partial charge is 0.126 e. The molecule has 0 bridgehead atoms. The highest BCUT2D eigenvalue weighted by molar-refractivity contribution is 6.18. The van der Waals surface area contributed by atoms with Crippen LogP contribution in [-0.4, -0.2) is 5.88 Å². The second-order valence-electron chi connectivity index (χ2n) is 5.08. The van der Waals surface area contributed by atoms with Crippen LogP contribution in [0.15, 0.2) is 18.2 Å². The van der Waals surface area contributed by atoms with E-state index >= 15 is 0 Å². The van der Waals surface area contributed by atoms with Gasteiger partial charge in [-0.2, -0.15) is 0 Å². The number of hydrogen-bond donors (Lipinski definition) is 0. The Morgan fingerprint density at radius 1 is 1.40 bits per heavy atom. The van der Waals surface area contributed by atoms with Gasteiger partial charge in [-0.15, -0.1) is 11.6 Å². The Kier molecular flexibility index (Phi) is 2.54. The first kappa shape index (κ1) is 10.9. The van der Waals surface area contributed by atoms with E-state index in [1.165, 1.54) is 0 Å². The zero-order chi connectivity index (χ0) is 11.2. The molecule has 1 aromatic carbocycles. The van der Waals surface area contributed by atoms with Crippen LogP contribution in [0.4, 0.5) is 4.39 Å². The van der Waals surface area contributed by atoms with E-state index in [-0.39, 0.29) is 17.2 Å². The van der Waals surface area contributed by atoms with Gasteiger partial charge in [-0.1, -0.05) is 31.5 Å². The third kappa shape index (κ3) is 1.67. The molecule has 1 aliphatic rings. The molecular formula is C13H16ClF. The van der Waals surface area contributed by atoms with Gasteiger partial charge < -0.3 is 0 Å². The molecule has 2 atom stereocenters. The van der Waals surface area contributed by atoms with Crippen molar-refractivity contribution in [1.29, 1.82) is 0 Å². The van der Waals surface area contributed by atoms with Gasteiger partial charge in [-0.25, -0.2) is 4.39 Å². The molecule has 0 aliphatic heterocycles. The lowest BCUT2D eigenvalue weighted by Crippen LogP contribution is -1.94. The Morgan fingerprint density at radius 2 is 2.07 bits per heavy atom. The van der Waals surface area contributed by atoms with Gasteiger partial charge in [0.15, 0.2) is 0 Å². The van der Waals surface area contributed by atoms with Gasteiger partial charge in [0.05, 0.1) is 0 Å². The maximum absolute atomic E-state index is 13.7. The molecule has 0 radical (unpaired) electrons. The van der Waals surface area contributed by atoms with Crippen LogP contribution in [-0.2, 0) is 0 Å². The Balaban J connectivity index is 2.36. The summed E-state index contributed by atoms with van der Waals surface area (Å²) in [5.74, 6) is 1.22. The van der Waals surface area contributed by atoms with Crippen LogP contribution in [0.25, 0.3) is 0 Å². The van der Waals surface area contributed by atoms with E-state index in [2.05, 4.69) is 13.8 Å². The molecule has 1 aromatic rings. The van der Waals surface area contributed by atoms with Crippen LogP contribution in [0.5, 0.6) is 0 Å². The van der Waals surface area contributed by atoms with E-state index in [0.29, 0.717) is 11.8 Å². The third-order valence-electron chi connectivity index (χ3n) is 3.70. The molecular weight excluding hydrogens is 211 g/mol. The first-order valence-electron chi connectivity index (χ1n) is 5.30. The van der Waals surface area contributed by atoms with Gasteiger partial charge in [0, 0.05) is 5.88 Å².